The van der Waals surface area contributed by atoms with Crippen molar-refractivity contribution in [2.24, 2.45) is 0 Å². The molecule has 0 unspecified atom stereocenters. The number of carbonyl (C=O) groups excluding carboxylic acids is 1. The van der Waals surface area contributed by atoms with Crippen LogP contribution >= 0.6 is 0 Å². The molecule has 3 aromatic rings. The number of aromatic nitrogens is 3. The van der Waals surface area contributed by atoms with Crippen molar-refractivity contribution in [2.45, 2.75) is 25.8 Å². The summed E-state index contributed by atoms with van der Waals surface area (Å²) in [6.07, 6.45) is 5.39. The maximum atomic E-state index is 12.3. The van der Waals surface area contributed by atoms with Gasteiger partial charge in [-0.25, -0.2) is 9.48 Å². The van der Waals surface area contributed by atoms with Gasteiger partial charge >= 0.3 is 5.69 Å². The first kappa shape index (κ1) is 16.4. The van der Waals surface area contributed by atoms with Crippen molar-refractivity contribution in [3.63, 3.8) is 0 Å². The van der Waals surface area contributed by atoms with Gasteiger partial charge in [0.1, 0.15) is 6.54 Å². The highest BCUT2D eigenvalue weighted by atomic mass is 16.2. The van der Waals surface area contributed by atoms with Gasteiger partial charge in [-0.15, -0.1) is 5.10 Å². The fraction of sp³-hybridized carbons (Fsp3) is 0.316. The minimum absolute atomic E-state index is 0.117. The van der Waals surface area contributed by atoms with E-state index in [1.807, 2.05) is 24.3 Å². The van der Waals surface area contributed by atoms with Gasteiger partial charge in [-0.3, -0.25) is 9.20 Å². The maximum absolute atomic E-state index is 12.3. The Labute approximate surface area is 150 Å². The Kier molecular flexibility index (Phi) is 4.43. The second kappa shape index (κ2) is 7.03. The molecule has 134 valence electrons. The van der Waals surface area contributed by atoms with E-state index in [0.717, 1.165) is 13.1 Å². The average Bonchev–Trinajstić information content (AvgIpc) is 2.99. The third-order valence-electron chi connectivity index (χ3n) is 4.65. The van der Waals surface area contributed by atoms with Crippen LogP contribution in [0.1, 0.15) is 19.3 Å². The fourth-order valence-electron chi connectivity index (χ4n) is 3.32. The summed E-state index contributed by atoms with van der Waals surface area (Å²) in [7, 11) is 0. The van der Waals surface area contributed by atoms with Gasteiger partial charge in [-0.2, -0.15) is 0 Å². The van der Waals surface area contributed by atoms with Gasteiger partial charge < -0.3 is 10.2 Å². The minimum atomic E-state index is -0.323. The molecule has 0 bridgehead atoms. The van der Waals surface area contributed by atoms with Crippen LogP contribution in [0, 0.1) is 0 Å². The van der Waals surface area contributed by atoms with Crippen molar-refractivity contribution in [3.8, 4) is 0 Å². The highest BCUT2D eigenvalue weighted by molar-refractivity contribution is 5.90. The Morgan fingerprint density at radius 3 is 2.54 bits per heavy atom. The van der Waals surface area contributed by atoms with E-state index in [1.165, 1.54) is 34.0 Å². The van der Waals surface area contributed by atoms with E-state index in [4.69, 9.17) is 0 Å². The highest BCUT2D eigenvalue weighted by Crippen LogP contribution is 2.21. The summed E-state index contributed by atoms with van der Waals surface area (Å²) in [5.41, 5.74) is 2.10. The summed E-state index contributed by atoms with van der Waals surface area (Å²) in [5, 5.41) is 6.99. The van der Waals surface area contributed by atoms with Crippen LogP contribution in [0.25, 0.3) is 5.65 Å². The third-order valence-corrected chi connectivity index (χ3v) is 4.65. The van der Waals surface area contributed by atoms with E-state index in [2.05, 4.69) is 15.3 Å². The zero-order valence-electron chi connectivity index (χ0n) is 14.5. The lowest BCUT2D eigenvalue weighted by molar-refractivity contribution is -0.117. The molecular weight excluding hydrogens is 330 g/mol. The van der Waals surface area contributed by atoms with Crippen molar-refractivity contribution in [1.29, 1.82) is 0 Å². The predicted octanol–water partition coefficient (Wildman–Crippen LogP) is 2.12. The summed E-state index contributed by atoms with van der Waals surface area (Å²) in [6.45, 7) is 2.05. The zero-order valence-corrected chi connectivity index (χ0v) is 14.5. The van der Waals surface area contributed by atoms with Crippen LogP contribution in [0.5, 0.6) is 0 Å². The second-order valence-electron chi connectivity index (χ2n) is 6.51. The molecule has 0 saturated carbocycles. The number of benzene rings is 1. The van der Waals surface area contributed by atoms with E-state index >= 15 is 0 Å². The van der Waals surface area contributed by atoms with Crippen molar-refractivity contribution < 1.29 is 4.79 Å². The first-order valence-corrected chi connectivity index (χ1v) is 8.90. The van der Waals surface area contributed by atoms with E-state index in [0.29, 0.717) is 11.3 Å². The molecule has 4 rings (SSSR count). The lowest BCUT2D eigenvalue weighted by Crippen LogP contribution is -2.29. The zero-order chi connectivity index (χ0) is 17.9. The monoisotopic (exact) mass is 351 g/mol. The molecule has 1 saturated heterocycles. The third kappa shape index (κ3) is 3.33. The number of rotatable bonds is 4. The Bertz CT molecular complexity index is 968. The smallest absolute Gasteiger partial charge is 0.350 e. The van der Waals surface area contributed by atoms with Crippen LogP contribution in [0.4, 0.5) is 11.4 Å². The number of nitrogens with zero attached hydrogens (tertiary/aromatic N) is 4. The van der Waals surface area contributed by atoms with Gasteiger partial charge in [0.25, 0.3) is 0 Å². The van der Waals surface area contributed by atoms with Crippen molar-refractivity contribution >= 4 is 22.9 Å². The van der Waals surface area contributed by atoms with Crippen molar-refractivity contribution in [3.05, 3.63) is 59.1 Å². The molecule has 1 fully saturated rings. The second-order valence-corrected chi connectivity index (χ2v) is 6.51. The minimum Gasteiger partial charge on any atom is -0.372 e. The van der Waals surface area contributed by atoms with E-state index in [1.54, 1.807) is 24.4 Å². The van der Waals surface area contributed by atoms with Gasteiger partial charge in [0.05, 0.1) is 0 Å². The van der Waals surface area contributed by atoms with E-state index < -0.39 is 0 Å². The molecule has 0 aliphatic carbocycles. The van der Waals surface area contributed by atoms with Crippen molar-refractivity contribution in [2.75, 3.05) is 23.3 Å². The van der Waals surface area contributed by atoms with Gasteiger partial charge in [0.2, 0.25) is 5.91 Å². The Morgan fingerprint density at radius 1 is 1.04 bits per heavy atom. The first-order chi connectivity index (χ1) is 12.7. The summed E-state index contributed by atoms with van der Waals surface area (Å²) < 4.78 is 2.59. The molecule has 1 aliphatic rings. The normalized spacial score (nSPS) is 14.5. The van der Waals surface area contributed by atoms with Gasteiger partial charge in [-0.1, -0.05) is 6.07 Å². The van der Waals surface area contributed by atoms with Gasteiger partial charge in [-0.05, 0) is 55.7 Å². The van der Waals surface area contributed by atoms with Crippen LogP contribution in [0.2, 0.25) is 0 Å². The number of pyridine rings is 1. The Hall–Kier alpha value is -3.09. The molecule has 7 nitrogen and oxygen atoms in total. The lowest BCUT2D eigenvalue weighted by Gasteiger charge is -2.28. The molecule has 0 spiro atoms. The van der Waals surface area contributed by atoms with Gasteiger partial charge in [0.15, 0.2) is 5.65 Å². The predicted molar refractivity (Wildman–Crippen MR) is 101 cm³/mol. The summed E-state index contributed by atoms with van der Waals surface area (Å²) >= 11 is 0. The van der Waals surface area contributed by atoms with Crippen LogP contribution in [0.15, 0.2) is 53.5 Å². The fourth-order valence-corrected chi connectivity index (χ4v) is 3.32. The van der Waals surface area contributed by atoms with Crippen LogP contribution in [0.3, 0.4) is 0 Å². The van der Waals surface area contributed by atoms with Crippen LogP contribution in [-0.4, -0.2) is 33.2 Å². The molecule has 7 heteroatoms. The number of piperidine rings is 1. The number of amides is 1. The van der Waals surface area contributed by atoms with E-state index in [9.17, 15) is 9.59 Å². The molecule has 1 aliphatic heterocycles. The largest absolute Gasteiger partial charge is 0.372 e. The first-order valence-electron chi connectivity index (χ1n) is 8.90. The molecular formula is C19H21N5O2. The van der Waals surface area contributed by atoms with Crippen LogP contribution in [-0.2, 0) is 11.3 Å². The molecule has 0 radical (unpaired) electrons. The molecule has 1 amide bonds. The number of anilines is 2. The summed E-state index contributed by atoms with van der Waals surface area (Å²) in [6, 6.07) is 13.1. The SMILES string of the molecule is O=C(Cn1nc2ccccn2c1=O)Nc1ccc(N2CCCCC2)cc1. The van der Waals surface area contributed by atoms with Crippen LogP contribution < -0.4 is 15.9 Å². The standard InChI is InChI=1S/C19H21N5O2/c25-18(14-24-19(26)23-13-5-2-6-17(23)21-24)20-15-7-9-16(10-8-15)22-11-3-1-4-12-22/h2,5-10,13H,1,3-4,11-12,14H2,(H,20,25). The topological polar surface area (TPSA) is 71.6 Å². The molecule has 0 atom stereocenters. The maximum Gasteiger partial charge on any atom is 0.350 e. The molecule has 1 aromatic carbocycles. The Balaban J connectivity index is 1.42. The average molecular weight is 351 g/mol. The molecule has 3 heterocycles. The number of hydrogen-bond donors (Lipinski definition) is 1. The lowest BCUT2D eigenvalue weighted by atomic mass is 10.1. The number of nitrogens with one attached hydrogen (secondary N) is 1. The Morgan fingerprint density at radius 2 is 1.81 bits per heavy atom. The quantitative estimate of drug-likeness (QED) is 0.782. The molecule has 1 N–H and O–H groups in total. The van der Waals surface area contributed by atoms with Gasteiger partial charge in [0, 0.05) is 30.7 Å². The van der Waals surface area contributed by atoms with Crippen molar-refractivity contribution in [1.82, 2.24) is 14.2 Å². The molecule has 2 aromatic heterocycles. The number of fused-ring (bicyclic) bond motifs is 1. The number of hydrogen-bond acceptors (Lipinski definition) is 4. The highest BCUT2D eigenvalue weighted by Gasteiger charge is 2.12. The molecule has 26 heavy (non-hydrogen) atoms. The number of carbonyl (C=O) groups is 1. The van der Waals surface area contributed by atoms with E-state index in [-0.39, 0.29) is 18.1 Å². The summed E-state index contributed by atoms with van der Waals surface area (Å²) in [5.74, 6) is -0.277. The summed E-state index contributed by atoms with van der Waals surface area (Å²) in [4.78, 5) is 26.8.